The molecule has 2 nitrogen and oxygen atoms in total. The Bertz CT molecular complexity index is 486. The van der Waals surface area contributed by atoms with Crippen LogP contribution in [0.25, 0.3) is 11.3 Å². The maximum atomic E-state index is 12.6. The first-order chi connectivity index (χ1) is 7.47. The highest BCUT2D eigenvalue weighted by Crippen LogP contribution is 2.31. The van der Waals surface area contributed by atoms with Gasteiger partial charge >= 0.3 is 6.18 Å². The van der Waals surface area contributed by atoms with Crippen molar-refractivity contribution in [3.05, 3.63) is 41.8 Å². The zero-order chi connectivity index (χ0) is 11.8. The van der Waals surface area contributed by atoms with Crippen molar-refractivity contribution in [2.45, 2.75) is 6.18 Å². The number of rotatable bonds is 1. The van der Waals surface area contributed by atoms with E-state index < -0.39 is 17.7 Å². The fraction of sp³-hybridized carbons (Fsp3) is 0.100. The number of alkyl halides is 3. The van der Waals surface area contributed by atoms with E-state index in [1.165, 1.54) is 12.1 Å². The highest BCUT2D eigenvalue weighted by Gasteiger charge is 2.35. The molecule has 0 spiro atoms. The molecule has 2 aromatic rings. The lowest BCUT2D eigenvalue weighted by Crippen LogP contribution is -2.04. The fourth-order valence-electron chi connectivity index (χ4n) is 1.16. The smallest absolute Gasteiger partial charge is 0.356 e. The average Bonchev–Trinajstić information content (AvgIpc) is 2.67. The zero-order valence-electron chi connectivity index (χ0n) is 7.75. The third-order valence-electron chi connectivity index (χ3n) is 1.93. The molecule has 0 unspecified atom stereocenters. The van der Waals surface area contributed by atoms with E-state index in [1.54, 1.807) is 0 Å². The highest BCUT2D eigenvalue weighted by atomic mass is 19.4. The van der Waals surface area contributed by atoms with Crippen LogP contribution in [0.1, 0.15) is 5.69 Å². The van der Waals surface area contributed by atoms with Gasteiger partial charge in [-0.1, -0.05) is 5.16 Å². The van der Waals surface area contributed by atoms with Crippen molar-refractivity contribution in [3.8, 4) is 11.3 Å². The molecule has 0 bridgehead atoms. The summed E-state index contributed by atoms with van der Waals surface area (Å²) in [7, 11) is 0. The van der Waals surface area contributed by atoms with Gasteiger partial charge in [-0.05, 0) is 24.3 Å². The quantitative estimate of drug-likeness (QED) is 0.702. The molecule has 1 aromatic carbocycles. The standard InChI is InChI=1S/C10H5F4NO/c11-7-3-1-6(2-4-7)8-5-9(15-16-8)10(12,13)14/h1-5H. The minimum Gasteiger partial charge on any atom is -0.356 e. The number of nitrogens with zero attached hydrogens (tertiary/aromatic N) is 1. The largest absolute Gasteiger partial charge is 0.436 e. The Hall–Kier alpha value is -1.85. The van der Waals surface area contributed by atoms with E-state index in [1.807, 2.05) is 0 Å². The second-order valence-corrected chi connectivity index (χ2v) is 3.08. The van der Waals surface area contributed by atoms with Crippen molar-refractivity contribution in [1.82, 2.24) is 5.16 Å². The van der Waals surface area contributed by atoms with Gasteiger partial charge in [0.1, 0.15) is 5.82 Å². The first-order valence-corrected chi connectivity index (χ1v) is 4.26. The van der Waals surface area contributed by atoms with Crippen molar-refractivity contribution in [2.24, 2.45) is 0 Å². The summed E-state index contributed by atoms with van der Waals surface area (Å²) in [6, 6.07) is 5.66. The van der Waals surface area contributed by atoms with Crippen LogP contribution in [0, 0.1) is 5.82 Å². The SMILES string of the molecule is Fc1ccc(-c2cc(C(F)(F)F)no2)cc1. The van der Waals surface area contributed by atoms with E-state index in [0.29, 0.717) is 5.56 Å². The summed E-state index contributed by atoms with van der Waals surface area (Å²) in [5.41, 5.74) is -0.767. The van der Waals surface area contributed by atoms with Crippen LogP contribution in [-0.4, -0.2) is 5.16 Å². The summed E-state index contributed by atoms with van der Waals surface area (Å²) in [6.45, 7) is 0. The van der Waals surface area contributed by atoms with Crippen LogP contribution in [0.3, 0.4) is 0 Å². The molecule has 0 N–H and O–H groups in total. The number of hydrogen-bond acceptors (Lipinski definition) is 2. The number of benzene rings is 1. The Balaban J connectivity index is 2.35. The molecule has 0 aliphatic carbocycles. The number of aromatic nitrogens is 1. The monoisotopic (exact) mass is 231 g/mol. The van der Waals surface area contributed by atoms with Crippen LogP contribution in [0.5, 0.6) is 0 Å². The molecule has 6 heteroatoms. The average molecular weight is 231 g/mol. The van der Waals surface area contributed by atoms with Crippen molar-refractivity contribution in [2.75, 3.05) is 0 Å². The van der Waals surface area contributed by atoms with Gasteiger partial charge in [0.15, 0.2) is 11.5 Å². The van der Waals surface area contributed by atoms with E-state index >= 15 is 0 Å². The molecule has 0 saturated heterocycles. The topological polar surface area (TPSA) is 26.0 Å². The molecule has 0 fully saturated rings. The van der Waals surface area contributed by atoms with Gasteiger partial charge in [0.25, 0.3) is 0 Å². The van der Waals surface area contributed by atoms with Gasteiger partial charge in [-0.15, -0.1) is 0 Å². The van der Waals surface area contributed by atoms with Crippen LogP contribution in [0.15, 0.2) is 34.9 Å². The second kappa shape index (κ2) is 3.62. The fourth-order valence-corrected chi connectivity index (χ4v) is 1.16. The Morgan fingerprint density at radius 3 is 2.19 bits per heavy atom. The Kier molecular flexibility index (Phi) is 2.41. The van der Waals surface area contributed by atoms with Crippen molar-refractivity contribution in [3.63, 3.8) is 0 Å². The zero-order valence-corrected chi connectivity index (χ0v) is 7.75. The summed E-state index contributed by atoms with van der Waals surface area (Å²) in [4.78, 5) is 0. The molecule has 0 saturated carbocycles. The van der Waals surface area contributed by atoms with Crippen molar-refractivity contribution in [1.29, 1.82) is 0 Å². The molecule has 0 aliphatic rings. The van der Waals surface area contributed by atoms with E-state index in [9.17, 15) is 17.6 Å². The first kappa shape index (κ1) is 10.7. The van der Waals surface area contributed by atoms with Gasteiger partial charge in [0, 0.05) is 11.6 Å². The molecule has 0 amide bonds. The van der Waals surface area contributed by atoms with E-state index in [0.717, 1.165) is 18.2 Å². The van der Waals surface area contributed by atoms with Crippen molar-refractivity contribution < 1.29 is 22.1 Å². The lowest BCUT2D eigenvalue weighted by Gasteiger charge is -1.97. The van der Waals surface area contributed by atoms with Gasteiger partial charge < -0.3 is 4.52 Å². The van der Waals surface area contributed by atoms with Crippen LogP contribution >= 0.6 is 0 Å². The molecule has 1 aromatic heterocycles. The second-order valence-electron chi connectivity index (χ2n) is 3.08. The summed E-state index contributed by atoms with van der Waals surface area (Å²) in [6.07, 6.45) is -4.54. The van der Waals surface area contributed by atoms with E-state index in [4.69, 9.17) is 0 Å². The molecular formula is C10H5F4NO. The molecular weight excluding hydrogens is 226 g/mol. The third-order valence-corrected chi connectivity index (χ3v) is 1.93. The Morgan fingerprint density at radius 1 is 1.06 bits per heavy atom. The van der Waals surface area contributed by atoms with Crippen LogP contribution in [0.4, 0.5) is 17.6 Å². The lowest BCUT2D eigenvalue weighted by molar-refractivity contribution is -0.142. The number of halogens is 4. The van der Waals surface area contributed by atoms with Gasteiger partial charge in [0.05, 0.1) is 0 Å². The predicted octanol–water partition coefficient (Wildman–Crippen LogP) is 3.50. The summed E-state index contributed by atoms with van der Waals surface area (Å²) in [5.74, 6) is -0.522. The minimum absolute atomic E-state index is 0.0488. The van der Waals surface area contributed by atoms with Crippen LogP contribution in [-0.2, 0) is 6.18 Å². The molecule has 0 radical (unpaired) electrons. The molecule has 0 atom stereocenters. The summed E-state index contributed by atoms with van der Waals surface area (Å²) < 4.78 is 53.7. The molecule has 84 valence electrons. The van der Waals surface area contributed by atoms with Crippen molar-refractivity contribution >= 4 is 0 Å². The van der Waals surface area contributed by atoms with Gasteiger partial charge in [-0.2, -0.15) is 13.2 Å². The maximum Gasteiger partial charge on any atom is 0.436 e. The van der Waals surface area contributed by atoms with Crippen LogP contribution in [0.2, 0.25) is 0 Å². The van der Waals surface area contributed by atoms with Gasteiger partial charge in [-0.3, -0.25) is 0 Å². The van der Waals surface area contributed by atoms with Crippen LogP contribution < -0.4 is 0 Å². The molecule has 2 rings (SSSR count). The number of hydrogen-bond donors (Lipinski definition) is 0. The first-order valence-electron chi connectivity index (χ1n) is 4.26. The molecule has 1 heterocycles. The molecule has 0 aliphatic heterocycles. The van der Waals surface area contributed by atoms with Gasteiger partial charge in [-0.25, -0.2) is 4.39 Å². The Morgan fingerprint density at radius 2 is 1.69 bits per heavy atom. The predicted molar refractivity (Wildman–Crippen MR) is 46.9 cm³/mol. The maximum absolute atomic E-state index is 12.6. The third kappa shape index (κ3) is 2.05. The minimum atomic E-state index is -4.54. The Labute approximate surface area is 87.5 Å². The van der Waals surface area contributed by atoms with E-state index in [2.05, 4.69) is 9.68 Å². The van der Waals surface area contributed by atoms with Gasteiger partial charge in [0.2, 0.25) is 0 Å². The summed E-state index contributed by atoms with van der Waals surface area (Å²) >= 11 is 0. The summed E-state index contributed by atoms with van der Waals surface area (Å²) in [5, 5.41) is 2.89. The molecule has 16 heavy (non-hydrogen) atoms. The normalized spacial score (nSPS) is 11.8. The highest BCUT2D eigenvalue weighted by molar-refractivity contribution is 5.57. The van der Waals surface area contributed by atoms with E-state index in [-0.39, 0.29) is 5.76 Å². The lowest BCUT2D eigenvalue weighted by atomic mass is 10.1.